The van der Waals surface area contributed by atoms with E-state index in [0.717, 1.165) is 11.9 Å². The summed E-state index contributed by atoms with van der Waals surface area (Å²) in [4.78, 5) is 4.54. The van der Waals surface area contributed by atoms with E-state index < -0.39 is 0 Å². The first-order valence-corrected chi connectivity index (χ1v) is 7.36. The molecule has 0 spiro atoms. The summed E-state index contributed by atoms with van der Waals surface area (Å²) >= 11 is 0. The van der Waals surface area contributed by atoms with Crippen molar-refractivity contribution in [2.75, 3.05) is 18.4 Å². The van der Waals surface area contributed by atoms with Gasteiger partial charge in [0.1, 0.15) is 17.2 Å². The van der Waals surface area contributed by atoms with E-state index in [4.69, 9.17) is 11.1 Å². The molecule has 0 fully saturated rings. The average molecular weight is 310 g/mol. The number of aliphatic hydroxyl groups is 1. The van der Waals surface area contributed by atoms with E-state index >= 15 is 0 Å². The summed E-state index contributed by atoms with van der Waals surface area (Å²) in [7, 11) is 0. The minimum atomic E-state index is -0.0271. The number of fused-ring (bicyclic) bond motifs is 1. The van der Waals surface area contributed by atoms with Gasteiger partial charge in [-0.05, 0) is 37.3 Å². The van der Waals surface area contributed by atoms with Gasteiger partial charge in [-0.25, -0.2) is 9.51 Å². The van der Waals surface area contributed by atoms with E-state index in [1.807, 2.05) is 24.4 Å². The second-order valence-electron chi connectivity index (χ2n) is 5.11. The maximum atomic E-state index is 9.99. The topological polar surface area (TPSA) is 112 Å². The van der Waals surface area contributed by atoms with Crippen LogP contribution in [0.2, 0.25) is 0 Å². The first-order valence-electron chi connectivity index (χ1n) is 7.36. The molecule has 0 aromatic carbocycles. The van der Waals surface area contributed by atoms with E-state index in [0.29, 0.717) is 30.3 Å². The van der Waals surface area contributed by atoms with Gasteiger partial charge in [-0.3, -0.25) is 0 Å². The van der Waals surface area contributed by atoms with Gasteiger partial charge in [0.15, 0.2) is 5.82 Å². The van der Waals surface area contributed by atoms with Crippen LogP contribution in [0.1, 0.15) is 6.42 Å². The monoisotopic (exact) mass is 310 g/mol. The Morgan fingerprint density at radius 2 is 2.22 bits per heavy atom. The van der Waals surface area contributed by atoms with Crippen molar-refractivity contribution in [2.45, 2.75) is 6.42 Å². The lowest BCUT2D eigenvalue weighted by molar-refractivity contribution is 0.444. The molecule has 23 heavy (non-hydrogen) atoms. The van der Waals surface area contributed by atoms with Crippen molar-refractivity contribution in [3.05, 3.63) is 48.4 Å². The van der Waals surface area contributed by atoms with Crippen LogP contribution in [0, 0.1) is 5.41 Å². The molecule has 7 nitrogen and oxygen atoms in total. The molecule has 0 saturated heterocycles. The van der Waals surface area contributed by atoms with E-state index in [9.17, 15) is 5.11 Å². The largest absolute Gasteiger partial charge is 0.506 e. The van der Waals surface area contributed by atoms with Crippen molar-refractivity contribution < 1.29 is 5.11 Å². The normalized spacial score (nSPS) is 16.1. The number of allylic oxidation sites excluding steroid dienone is 3. The van der Waals surface area contributed by atoms with Gasteiger partial charge in [0.05, 0.1) is 11.2 Å². The van der Waals surface area contributed by atoms with Gasteiger partial charge >= 0.3 is 0 Å². The second kappa shape index (κ2) is 6.45. The molecule has 0 bridgehead atoms. The number of aromatic nitrogens is 2. The summed E-state index contributed by atoms with van der Waals surface area (Å²) in [6.07, 6.45) is 7.24. The zero-order valence-corrected chi connectivity index (χ0v) is 12.5. The average Bonchev–Trinajstić information content (AvgIpc) is 2.88. The van der Waals surface area contributed by atoms with Crippen molar-refractivity contribution in [3.8, 4) is 0 Å². The van der Waals surface area contributed by atoms with E-state index in [1.165, 1.54) is 6.08 Å². The highest BCUT2D eigenvalue weighted by atomic mass is 16.3. The number of nitrogens with one attached hydrogen (secondary N) is 2. The molecule has 0 aliphatic heterocycles. The fourth-order valence-electron chi connectivity index (χ4n) is 2.26. The first kappa shape index (κ1) is 15.0. The van der Waals surface area contributed by atoms with Crippen LogP contribution in [0.15, 0.2) is 53.4 Å². The van der Waals surface area contributed by atoms with Crippen LogP contribution in [0.4, 0.5) is 11.5 Å². The molecule has 5 N–H and O–H groups in total. The van der Waals surface area contributed by atoms with Crippen LogP contribution in [0.25, 0.3) is 5.52 Å². The number of nitrogens with zero attached hydrogens (tertiary/aromatic N) is 3. The van der Waals surface area contributed by atoms with Crippen LogP contribution in [-0.4, -0.2) is 39.2 Å². The summed E-state index contributed by atoms with van der Waals surface area (Å²) in [6.45, 7) is 1.29. The molecule has 0 unspecified atom stereocenters. The summed E-state index contributed by atoms with van der Waals surface area (Å²) < 4.78 is 1.74. The number of hydrogen-bond donors (Lipinski definition) is 4. The zero-order chi connectivity index (χ0) is 16.2. The molecular weight excluding hydrogens is 292 g/mol. The third-order valence-electron chi connectivity index (χ3n) is 3.39. The maximum absolute atomic E-state index is 9.99. The van der Waals surface area contributed by atoms with Crippen molar-refractivity contribution in [1.82, 2.24) is 9.61 Å². The molecule has 118 valence electrons. The number of hydrogen-bond acceptors (Lipinski definition) is 6. The Hall–Kier alpha value is -2.93. The van der Waals surface area contributed by atoms with Gasteiger partial charge in [0.25, 0.3) is 0 Å². The Morgan fingerprint density at radius 1 is 1.35 bits per heavy atom. The molecule has 3 rings (SSSR count). The minimum absolute atomic E-state index is 0.0271. The van der Waals surface area contributed by atoms with Crippen molar-refractivity contribution in [2.24, 2.45) is 10.7 Å². The van der Waals surface area contributed by atoms with Gasteiger partial charge in [0.2, 0.25) is 0 Å². The molecule has 0 atom stereocenters. The lowest BCUT2D eigenvalue weighted by atomic mass is 10.1. The van der Waals surface area contributed by atoms with E-state index in [1.54, 1.807) is 16.7 Å². The Kier molecular flexibility index (Phi) is 4.20. The number of anilines is 1. The fraction of sp³-hybridized carbons (Fsp3) is 0.188. The number of aliphatic imine (C=N–C) groups is 1. The molecule has 1 aliphatic carbocycles. The van der Waals surface area contributed by atoms with E-state index in [-0.39, 0.29) is 11.5 Å². The first-order chi connectivity index (χ1) is 11.2. The lowest BCUT2D eigenvalue weighted by Crippen LogP contribution is -2.09. The Balaban J connectivity index is 2.04. The fourth-order valence-corrected chi connectivity index (χ4v) is 2.26. The van der Waals surface area contributed by atoms with Crippen molar-refractivity contribution >= 4 is 28.4 Å². The highest BCUT2D eigenvalue weighted by Gasteiger charge is 2.15. The van der Waals surface area contributed by atoms with E-state index in [2.05, 4.69) is 15.4 Å². The van der Waals surface area contributed by atoms with Gasteiger partial charge in [-0.15, -0.1) is 5.10 Å². The predicted octanol–water partition coefficient (Wildman–Crippen LogP) is 2.20. The highest BCUT2D eigenvalue weighted by Crippen LogP contribution is 2.30. The predicted molar refractivity (Wildman–Crippen MR) is 92.0 cm³/mol. The summed E-state index contributed by atoms with van der Waals surface area (Å²) in [5.41, 5.74) is 7.65. The Labute approximate surface area is 133 Å². The van der Waals surface area contributed by atoms with Crippen LogP contribution in [0.5, 0.6) is 0 Å². The smallest absolute Gasteiger partial charge is 0.175 e. The van der Waals surface area contributed by atoms with Gasteiger partial charge in [0, 0.05) is 18.8 Å². The van der Waals surface area contributed by atoms with Crippen molar-refractivity contribution in [1.29, 1.82) is 5.41 Å². The summed E-state index contributed by atoms with van der Waals surface area (Å²) in [6, 6.07) is 5.71. The number of aliphatic hydroxyl groups excluding tert-OH is 1. The molecule has 2 aromatic rings. The van der Waals surface area contributed by atoms with Crippen LogP contribution >= 0.6 is 0 Å². The molecule has 7 heteroatoms. The minimum Gasteiger partial charge on any atom is -0.506 e. The molecule has 1 aliphatic rings. The van der Waals surface area contributed by atoms with Crippen LogP contribution < -0.4 is 11.1 Å². The molecule has 0 radical (unpaired) electrons. The standard InChI is InChI=1S/C16H18N6O/c17-7-3-8-19-16-15(13-4-1-2-9-22(13)21-16)20-12-6-5-11(18)10-14(12)23/h1-2,4-6,9-10,18,23H,3,7-8,17H2,(H,19,21)/b18-11?,20-12+. The van der Waals surface area contributed by atoms with Gasteiger partial charge < -0.3 is 21.6 Å². The number of nitrogens with two attached hydrogens (primary N) is 1. The maximum Gasteiger partial charge on any atom is 0.175 e. The Bertz CT molecular complexity index is 830. The van der Waals surface area contributed by atoms with Crippen LogP contribution in [-0.2, 0) is 0 Å². The molecular formula is C16H18N6O. The zero-order valence-electron chi connectivity index (χ0n) is 12.5. The highest BCUT2D eigenvalue weighted by molar-refractivity contribution is 6.20. The molecule has 2 aromatic heterocycles. The Morgan fingerprint density at radius 3 is 3.00 bits per heavy atom. The summed E-state index contributed by atoms with van der Waals surface area (Å²) in [5, 5.41) is 25.2. The molecule has 0 amide bonds. The van der Waals surface area contributed by atoms with Gasteiger partial charge in [-0.1, -0.05) is 6.07 Å². The second-order valence-corrected chi connectivity index (χ2v) is 5.11. The number of rotatable bonds is 5. The van der Waals surface area contributed by atoms with Crippen LogP contribution in [0.3, 0.4) is 0 Å². The molecule has 0 saturated carbocycles. The third kappa shape index (κ3) is 3.14. The van der Waals surface area contributed by atoms with Gasteiger partial charge in [-0.2, -0.15) is 0 Å². The lowest BCUT2D eigenvalue weighted by Gasteiger charge is -2.07. The quantitative estimate of drug-likeness (QED) is 0.501. The van der Waals surface area contributed by atoms with Crippen molar-refractivity contribution in [3.63, 3.8) is 0 Å². The summed E-state index contributed by atoms with van der Waals surface area (Å²) in [5.74, 6) is 0.611. The SMILES string of the molecule is N=C1C=C/C(=N\c2c(NCCCN)nn3ccccc23)C(O)=C1. The molecule has 2 heterocycles. The third-order valence-corrected chi connectivity index (χ3v) is 3.39. The number of pyridine rings is 1.